The zero-order chi connectivity index (χ0) is 19.9. The second kappa shape index (κ2) is 9.61. The van der Waals surface area contributed by atoms with E-state index in [4.69, 9.17) is 20.8 Å². The third-order valence-corrected chi connectivity index (χ3v) is 5.09. The van der Waals surface area contributed by atoms with Crippen molar-refractivity contribution in [1.29, 1.82) is 0 Å². The number of anilines is 1. The summed E-state index contributed by atoms with van der Waals surface area (Å²) in [4.78, 5) is 12.4. The number of carbonyl (C=O) groups excluding carboxylic acids is 1. The van der Waals surface area contributed by atoms with Gasteiger partial charge in [-0.05, 0) is 55.3 Å². The van der Waals surface area contributed by atoms with Crippen LogP contribution in [0.4, 0.5) is 5.69 Å². The summed E-state index contributed by atoms with van der Waals surface area (Å²) in [6.45, 7) is 4.01. The van der Waals surface area contributed by atoms with E-state index in [1.165, 1.54) is 17.3 Å². The summed E-state index contributed by atoms with van der Waals surface area (Å²) in [5.41, 5.74) is 1.98. The number of aryl methyl sites for hydroxylation is 1. The van der Waals surface area contributed by atoms with Crippen LogP contribution >= 0.6 is 23.4 Å². The average Bonchev–Trinajstić information content (AvgIpc) is 3.15. The fraction of sp³-hybridized carbons (Fsp3) is 0.250. The molecule has 0 saturated carbocycles. The van der Waals surface area contributed by atoms with Crippen LogP contribution in [0, 0.1) is 0 Å². The quantitative estimate of drug-likeness (QED) is 0.520. The summed E-state index contributed by atoms with van der Waals surface area (Å²) in [6, 6.07) is 14.8. The number of nitrogens with zero attached hydrogens (tertiary/aromatic N) is 2. The van der Waals surface area contributed by atoms with Gasteiger partial charge in [0.1, 0.15) is 5.75 Å². The zero-order valence-electron chi connectivity index (χ0n) is 15.5. The molecule has 0 unspecified atom stereocenters. The number of halogens is 1. The van der Waals surface area contributed by atoms with Crippen molar-refractivity contribution in [1.82, 2.24) is 10.2 Å². The van der Waals surface area contributed by atoms with E-state index in [1.54, 1.807) is 31.2 Å². The second-order valence-electron chi connectivity index (χ2n) is 6.00. The molecule has 0 spiro atoms. The molecule has 0 fully saturated rings. The molecule has 0 bridgehead atoms. The molecular weight excluding hydrogens is 398 g/mol. The summed E-state index contributed by atoms with van der Waals surface area (Å²) in [6.07, 6.45) is 0.960. The summed E-state index contributed by atoms with van der Waals surface area (Å²) >= 11 is 7.04. The smallest absolute Gasteiger partial charge is 0.277 e. The number of amides is 1. The van der Waals surface area contributed by atoms with E-state index in [-0.39, 0.29) is 12.5 Å². The number of ether oxygens (including phenoxy) is 1. The van der Waals surface area contributed by atoms with Gasteiger partial charge in [-0.1, -0.05) is 42.4 Å². The number of thioether (sulfide) groups is 1. The number of benzene rings is 2. The molecular formula is C20H20ClN3O3S. The average molecular weight is 418 g/mol. The van der Waals surface area contributed by atoms with Crippen LogP contribution in [0.15, 0.2) is 58.2 Å². The third-order valence-electron chi connectivity index (χ3n) is 3.90. The number of rotatable bonds is 8. The monoisotopic (exact) mass is 417 g/mol. The van der Waals surface area contributed by atoms with Gasteiger partial charge in [0.15, 0.2) is 6.61 Å². The first kappa shape index (κ1) is 20.2. The van der Waals surface area contributed by atoms with Crippen LogP contribution in [-0.4, -0.2) is 21.4 Å². The van der Waals surface area contributed by atoms with Crippen LogP contribution in [-0.2, 0) is 17.8 Å². The summed E-state index contributed by atoms with van der Waals surface area (Å²) in [5.74, 6) is 0.852. The minimum absolute atomic E-state index is 0.133. The summed E-state index contributed by atoms with van der Waals surface area (Å²) in [7, 11) is 0. The van der Waals surface area contributed by atoms with Crippen LogP contribution < -0.4 is 10.1 Å². The molecule has 0 aliphatic carbocycles. The molecule has 2 aromatic carbocycles. The number of carbonyl (C=O) groups is 1. The van der Waals surface area contributed by atoms with Gasteiger partial charge in [0.05, 0.1) is 5.25 Å². The fourth-order valence-corrected chi connectivity index (χ4v) is 3.12. The van der Waals surface area contributed by atoms with Gasteiger partial charge in [0, 0.05) is 10.7 Å². The number of hydrogen-bond donors (Lipinski definition) is 1. The lowest BCUT2D eigenvalue weighted by molar-refractivity contribution is -0.115. The van der Waals surface area contributed by atoms with E-state index in [2.05, 4.69) is 22.4 Å². The van der Waals surface area contributed by atoms with Crippen molar-refractivity contribution in [2.45, 2.75) is 37.3 Å². The van der Waals surface area contributed by atoms with Gasteiger partial charge >= 0.3 is 0 Å². The molecule has 0 radical (unpaired) electrons. The maximum Gasteiger partial charge on any atom is 0.277 e. The van der Waals surface area contributed by atoms with Crippen LogP contribution in [0.25, 0.3) is 0 Å². The van der Waals surface area contributed by atoms with Crippen molar-refractivity contribution in [2.75, 3.05) is 5.32 Å². The molecule has 1 atom stereocenters. The SMILES string of the molecule is CCc1ccc(NC(=O)[C@H](C)Sc2nnc(COc3ccc(Cl)cc3)o2)cc1. The third kappa shape index (κ3) is 5.74. The molecule has 6 nitrogen and oxygen atoms in total. The van der Waals surface area contributed by atoms with Gasteiger partial charge in [0.25, 0.3) is 11.1 Å². The highest BCUT2D eigenvalue weighted by Crippen LogP contribution is 2.24. The molecule has 0 aliphatic rings. The first-order valence-corrected chi connectivity index (χ1v) is 10.1. The van der Waals surface area contributed by atoms with Gasteiger partial charge in [-0.2, -0.15) is 0 Å². The first-order chi connectivity index (χ1) is 13.5. The van der Waals surface area contributed by atoms with Crippen molar-refractivity contribution in [3.63, 3.8) is 0 Å². The van der Waals surface area contributed by atoms with E-state index < -0.39 is 5.25 Å². The van der Waals surface area contributed by atoms with Crippen molar-refractivity contribution in [3.8, 4) is 5.75 Å². The lowest BCUT2D eigenvalue weighted by Crippen LogP contribution is -2.22. The van der Waals surface area contributed by atoms with Crippen LogP contribution in [0.5, 0.6) is 5.75 Å². The largest absolute Gasteiger partial charge is 0.484 e. The van der Waals surface area contributed by atoms with E-state index in [0.717, 1.165) is 12.1 Å². The van der Waals surface area contributed by atoms with Crippen molar-refractivity contribution in [2.24, 2.45) is 0 Å². The van der Waals surface area contributed by atoms with Gasteiger partial charge in [0.2, 0.25) is 5.91 Å². The molecule has 1 heterocycles. The molecule has 146 valence electrons. The highest BCUT2D eigenvalue weighted by atomic mass is 35.5. The zero-order valence-corrected chi connectivity index (χ0v) is 17.1. The lowest BCUT2D eigenvalue weighted by Gasteiger charge is -2.10. The molecule has 0 saturated heterocycles. The molecule has 3 aromatic rings. The Morgan fingerprint density at radius 2 is 1.89 bits per heavy atom. The molecule has 8 heteroatoms. The van der Waals surface area contributed by atoms with E-state index in [1.807, 2.05) is 24.3 Å². The Kier molecular flexibility index (Phi) is 6.95. The molecule has 1 amide bonds. The lowest BCUT2D eigenvalue weighted by atomic mass is 10.1. The van der Waals surface area contributed by atoms with Crippen LogP contribution in [0.1, 0.15) is 25.3 Å². The van der Waals surface area contributed by atoms with Gasteiger partial charge in [-0.3, -0.25) is 4.79 Å². The van der Waals surface area contributed by atoms with E-state index >= 15 is 0 Å². The summed E-state index contributed by atoms with van der Waals surface area (Å²) < 4.78 is 11.1. The maximum absolute atomic E-state index is 12.4. The Bertz CT molecular complexity index is 913. The number of nitrogens with one attached hydrogen (secondary N) is 1. The molecule has 28 heavy (non-hydrogen) atoms. The Morgan fingerprint density at radius 1 is 1.18 bits per heavy atom. The fourth-order valence-electron chi connectivity index (χ4n) is 2.29. The van der Waals surface area contributed by atoms with Gasteiger partial charge in [-0.15, -0.1) is 10.2 Å². The highest BCUT2D eigenvalue weighted by molar-refractivity contribution is 8.00. The van der Waals surface area contributed by atoms with Crippen molar-refractivity contribution >= 4 is 35.0 Å². The predicted molar refractivity (Wildman–Crippen MR) is 110 cm³/mol. The van der Waals surface area contributed by atoms with Crippen molar-refractivity contribution in [3.05, 3.63) is 65.0 Å². The van der Waals surface area contributed by atoms with E-state index in [0.29, 0.717) is 21.9 Å². The van der Waals surface area contributed by atoms with Crippen LogP contribution in [0.2, 0.25) is 5.02 Å². The molecule has 1 N–H and O–H groups in total. The molecule has 0 aliphatic heterocycles. The van der Waals surface area contributed by atoms with Crippen molar-refractivity contribution < 1.29 is 13.9 Å². The second-order valence-corrected chi connectivity index (χ2v) is 7.73. The Morgan fingerprint density at radius 3 is 2.57 bits per heavy atom. The standard InChI is InChI=1S/C20H20ClN3O3S/c1-3-14-4-8-16(9-5-14)22-19(25)13(2)28-20-24-23-18(27-20)12-26-17-10-6-15(21)7-11-17/h4-11,13H,3,12H2,1-2H3,(H,22,25)/t13-/m0/s1. The number of hydrogen-bond acceptors (Lipinski definition) is 6. The topological polar surface area (TPSA) is 77.2 Å². The predicted octanol–water partition coefficient (Wildman–Crippen LogP) is 4.98. The number of aromatic nitrogens is 2. The Balaban J connectivity index is 1.50. The first-order valence-electron chi connectivity index (χ1n) is 8.80. The summed E-state index contributed by atoms with van der Waals surface area (Å²) in [5, 5.41) is 11.4. The van der Waals surface area contributed by atoms with Gasteiger partial charge in [-0.25, -0.2) is 0 Å². The van der Waals surface area contributed by atoms with Gasteiger partial charge < -0.3 is 14.5 Å². The molecule has 3 rings (SSSR count). The minimum atomic E-state index is -0.392. The Labute approximate surface area is 172 Å². The van der Waals surface area contributed by atoms with E-state index in [9.17, 15) is 4.79 Å². The van der Waals surface area contributed by atoms with Crippen LogP contribution in [0.3, 0.4) is 0 Å². The normalized spacial score (nSPS) is 11.8. The maximum atomic E-state index is 12.4. The Hall–Kier alpha value is -2.51. The highest BCUT2D eigenvalue weighted by Gasteiger charge is 2.18. The minimum Gasteiger partial charge on any atom is -0.484 e. The molecule has 1 aromatic heterocycles.